The maximum atomic E-state index is 10.3. The van der Waals surface area contributed by atoms with E-state index < -0.39 is 5.97 Å². The van der Waals surface area contributed by atoms with Crippen LogP contribution in [-0.4, -0.2) is 27.8 Å². The van der Waals surface area contributed by atoms with Crippen molar-refractivity contribution in [2.24, 2.45) is 0 Å². The van der Waals surface area contributed by atoms with E-state index in [1.165, 1.54) is 6.26 Å². The maximum Gasteiger partial charge on any atom is 0.303 e. The molecule has 0 unspecified atom stereocenters. The van der Waals surface area contributed by atoms with Gasteiger partial charge in [0.15, 0.2) is 5.89 Å². The smallest absolute Gasteiger partial charge is 0.303 e. The molecule has 1 aromatic heterocycles. The molecule has 0 atom stereocenters. The number of oxazole rings is 1. The van der Waals surface area contributed by atoms with Gasteiger partial charge < -0.3 is 14.6 Å². The van der Waals surface area contributed by atoms with Gasteiger partial charge in [-0.2, -0.15) is 0 Å². The number of aliphatic hydroxyl groups excluding tert-OH is 1. The Morgan fingerprint density at radius 2 is 2.29 bits per heavy atom. The number of rotatable bonds is 6. The highest BCUT2D eigenvalue weighted by molar-refractivity contribution is 5.66. The predicted molar refractivity (Wildman–Crippen MR) is 47.9 cm³/mol. The Labute approximate surface area is 81.4 Å². The highest BCUT2D eigenvalue weighted by atomic mass is 16.4. The van der Waals surface area contributed by atoms with E-state index in [2.05, 4.69) is 4.98 Å². The van der Waals surface area contributed by atoms with Gasteiger partial charge in [-0.1, -0.05) is 0 Å². The van der Waals surface area contributed by atoms with E-state index in [0.717, 1.165) is 0 Å². The van der Waals surface area contributed by atoms with Crippen molar-refractivity contribution in [3.63, 3.8) is 0 Å². The largest absolute Gasteiger partial charge is 0.481 e. The standard InChI is InChI=1S/C9H13NO4/c11-5-1-2-8-10-7(6-14-8)3-4-9(12)13/h6,11H,1-5H2,(H,12,13). The summed E-state index contributed by atoms with van der Waals surface area (Å²) in [6.45, 7) is 0.104. The normalized spacial score (nSPS) is 10.4. The third kappa shape index (κ3) is 3.57. The molecule has 1 rings (SSSR count). The summed E-state index contributed by atoms with van der Waals surface area (Å²) in [5.41, 5.74) is 0.653. The fourth-order valence-electron chi connectivity index (χ4n) is 1.04. The predicted octanol–water partition coefficient (Wildman–Crippen LogP) is 0.617. The highest BCUT2D eigenvalue weighted by Crippen LogP contribution is 2.06. The van der Waals surface area contributed by atoms with Crippen LogP contribution in [0.15, 0.2) is 10.7 Å². The van der Waals surface area contributed by atoms with Gasteiger partial charge >= 0.3 is 5.97 Å². The lowest BCUT2D eigenvalue weighted by molar-refractivity contribution is -0.136. The van der Waals surface area contributed by atoms with Gasteiger partial charge in [0.2, 0.25) is 0 Å². The molecule has 0 bridgehead atoms. The summed E-state index contributed by atoms with van der Waals surface area (Å²) in [4.78, 5) is 14.3. The zero-order chi connectivity index (χ0) is 10.4. The molecule has 0 aliphatic carbocycles. The van der Waals surface area contributed by atoms with Gasteiger partial charge in [0, 0.05) is 19.4 Å². The summed E-state index contributed by atoms with van der Waals surface area (Å²) in [5, 5.41) is 17.0. The minimum absolute atomic E-state index is 0.0615. The zero-order valence-electron chi connectivity index (χ0n) is 7.77. The van der Waals surface area contributed by atoms with Crippen LogP contribution in [0.2, 0.25) is 0 Å². The molecule has 0 amide bonds. The summed E-state index contributed by atoms with van der Waals surface area (Å²) >= 11 is 0. The number of nitrogens with zero attached hydrogens (tertiary/aromatic N) is 1. The molecule has 2 N–H and O–H groups in total. The van der Waals surface area contributed by atoms with Gasteiger partial charge in [-0.3, -0.25) is 4.79 Å². The minimum Gasteiger partial charge on any atom is -0.481 e. The van der Waals surface area contributed by atoms with Crippen molar-refractivity contribution in [3.05, 3.63) is 17.8 Å². The third-order valence-corrected chi connectivity index (χ3v) is 1.74. The molecule has 0 fully saturated rings. The van der Waals surface area contributed by atoms with E-state index >= 15 is 0 Å². The van der Waals surface area contributed by atoms with Crippen LogP contribution in [0, 0.1) is 0 Å². The Balaban J connectivity index is 2.38. The first-order chi connectivity index (χ1) is 6.72. The Bertz CT molecular complexity index is 295. The Morgan fingerprint density at radius 1 is 1.50 bits per heavy atom. The maximum absolute atomic E-state index is 10.3. The van der Waals surface area contributed by atoms with E-state index in [-0.39, 0.29) is 13.0 Å². The molecule has 14 heavy (non-hydrogen) atoms. The van der Waals surface area contributed by atoms with Crippen LogP contribution >= 0.6 is 0 Å². The fraction of sp³-hybridized carbons (Fsp3) is 0.556. The molecule has 1 heterocycles. The van der Waals surface area contributed by atoms with Crippen molar-refractivity contribution < 1.29 is 19.4 Å². The Morgan fingerprint density at radius 3 is 2.93 bits per heavy atom. The van der Waals surface area contributed by atoms with E-state index in [0.29, 0.717) is 30.8 Å². The second-order valence-corrected chi connectivity index (χ2v) is 2.95. The summed E-state index contributed by atoms with van der Waals surface area (Å²) in [6.07, 6.45) is 3.11. The molecule has 5 heteroatoms. The summed E-state index contributed by atoms with van der Waals surface area (Å²) in [7, 11) is 0. The van der Waals surface area contributed by atoms with Crippen molar-refractivity contribution >= 4 is 5.97 Å². The summed E-state index contributed by atoms with van der Waals surface area (Å²) in [5.74, 6) is -0.288. The molecule has 78 valence electrons. The van der Waals surface area contributed by atoms with Crippen molar-refractivity contribution in [3.8, 4) is 0 Å². The highest BCUT2D eigenvalue weighted by Gasteiger charge is 2.05. The van der Waals surface area contributed by atoms with Crippen LogP contribution in [0.1, 0.15) is 24.4 Å². The first-order valence-corrected chi connectivity index (χ1v) is 4.48. The SMILES string of the molecule is O=C(O)CCc1coc(CCCO)n1. The first-order valence-electron chi connectivity index (χ1n) is 4.48. The second kappa shape index (κ2) is 5.39. The number of aliphatic hydroxyl groups is 1. The molecule has 0 aliphatic heterocycles. The van der Waals surface area contributed by atoms with E-state index in [1.807, 2.05) is 0 Å². The summed E-state index contributed by atoms with van der Waals surface area (Å²) in [6, 6.07) is 0. The van der Waals surface area contributed by atoms with E-state index in [9.17, 15) is 4.79 Å². The number of carboxylic acid groups (broad SMARTS) is 1. The average Bonchev–Trinajstić information content (AvgIpc) is 2.59. The van der Waals surface area contributed by atoms with Crippen molar-refractivity contribution in [1.82, 2.24) is 4.98 Å². The van der Waals surface area contributed by atoms with Gasteiger partial charge in [0.05, 0.1) is 12.1 Å². The van der Waals surface area contributed by atoms with Crippen molar-refractivity contribution in [2.45, 2.75) is 25.7 Å². The number of aryl methyl sites for hydroxylation is 2. The van der Waals surface area contributed by atoms with Crippen molar-refractivity contribution in [2.75, 3.05) is 6.61 Å². The number of hydrogen-bond donors (Lipinski definition) is 2. The van der Waals surface area contributed by atoms with Gasteiger partial charge in [0.1, 0.15) is 6.26 Å². The molecular weight excluding hydrogens is 186 g/mol. The van der Waals surface area contributed by atoms with Crippen LogP contribution in [0.3, 0.4) is 0 Å². The van der Waals surface area contributed by atoms with Crippen LogP contribution in [0.25, 0.3) is 0 Å². The lowest BCUT2D eigenvalue weighted by atomic mass is 10.2. The Hall–Kier alpha value is -1.36. The van der Waals surface area contributed by atoms with E-state index in [1.54, 1.807) is 0 Å². The molecule has 1 aromatic rings. The van der Waals surface area contributed by atoms with Crippen LogP contribution in [-0.2, 0) is 17.6 Å². The average molecular weight is 199 g/mol. The van der Waals surface area contributed by atoms with Gasteiger partial charge in [-0.05, 0) is 6.42 Å². The molecule has 0 radical (unpaired) electrons. The number of aromatic nitrogens is 1. The molecule has 0 aliphatic rings. The minimum atomic E-state index is -0.843. The van der Waals surface area contributed by atoms with Gasteiger partial charge in [0.25, 0.3) is 0 Å². The van der Waals surface area contributed by atoms with Gasteiger partial charge in [-0.15, -0.1) is 0 Å². The van der Waals surface area contributed by atoms with Crippen molar-refractivity contribution in [1.29, 1.82) is 0 Å². The lowest BCUT2D eigenvalue weighted by Gasteiger charge is -1.90. The number of aliphatic carboxylic acids is 1. The van der Waals surface area contributed by atoms with Crippen LogP contribution in [0.4, 0.5) is 0 Å². The van der Waals surface area contributed by atoms with Gasteiger partial charge in [-0.25, -0.2) is 4.98 Å². The quantitative estimate of drug-likeness (QED) is 0.701. The lowest BCUT2D eigenvalue weighted by Crippen LogP contribution is -1.98. The number of hydrogen-bond acceptors (Lipinski definition) is 4. The monoisotopic (exact) mass is 199 g/mol. The Kier molecular flexibility index (Phi) is 4.12. The number of carboxylic acids is 1. The van der Waals surface area contributed by atoms with E-state index in [4.69, 9.17) is 14.6 Å². The third-order valence-electron chi connectivity index (χ3n) is 1.74. The molecule has 0 saturated heterocycles. The zero-order valence-corrected chi connectivity index (χ0v) is 7.77. The molecule has 0 spiro atoms. The molecule has 0 aromatic carbocycles. The molecule has 0 saturated carbocycles. The second-order valence-electron chi connectivity index (χ2n) is 2.95. The van der Waals surface area contributed by atoms with Crippen LogP contribution < -0.4 is 0 Å². The molecule has 5 nitrogen and oxygen atoms in total. The first kappa shape index (κ1) is 10.7. The number of carbonyl (C=O) groups is 1. The topological polar surface area (TPSA) is 83.6 Å². The summed E-state index contributed by atoms with van der Waals surface area (Å²) < 4.78 is 5.08. The fourth-order valence-corrected chi connectivity index (χ4v) is 1.04. The van der Waals surface area contributed by atoms with Crippen LogP contribution in [0.5, 0.6) is 0 Å². The molecular formula is C9H13NO4.